The van der Waals surface area contributed by atoms with Gasteiger partial charge in [-0.15, -0.1) is 0 Å². The normalized spacial score (nSPS) is 12.9. The van der Waals surface area contributed by atoms with Crippen molar-refractivity contribution < 1.29 is 4.74 Å². The van der Waals surface area contributed by atoms with E-state index in [-0.39, 0.29) is 0 Å². The van der Waals surface area contributed by atoms with Crippen molar-refractivity contribution in [1.29, 1.82) is 0 Å². The molecule has 0 atom stereocenters. The topological polar surface area (TPSA) is 30.6 Å². The first kappa shape index (κ1) is 25.1. The molecule has 0 aliphatic carbocycles. The molecule has 3 aromatic carbocycles. The Morgan fingerprint density at radius 1 is 0.947 bits per heavy atom. The van der Waals surface area contributed by atoms with E-state index in [4.69, 9.17) is 40.2 Å². The van der Waals surface area contributed by atoms with Crippen LogP contribution in [0.2, 0.25) is 10.0 Å². The molecule has 6 rings (SSSR count). The number of methoxy groups -OCH3 is 1. The third-order valence-electron chi connectivity index (χ3n) is 7.38. The number of rotatable bonds is 5. The van der Waals surface area contributed by atoms with Gasteiger partial charge in [-0.2, -0.15) is 0 Å². The molecule has 0 fully saturated rings. The van der Waals surface area contributed by atoms with Gasteiger partial charge in [0.2, 0.25) is 0 Å². The van der Waals surface area contributed by atoms with Crippen LogP contribution in [0, 0.1) is 6.92 Å². The molecule has 0 radical (unpaired) electrons. The number of hydrogen-bond donors (Lipinski definition) is 1. The van der Waals surface area contributed by atoms with Crippen molar-refractivity contribution in [3.63, 3.8) is 0 Å². The summed E-state index contributed by atoms with van der Waals surface area (Å²) in [5.41, 5.74) is 9.93. The number of ether oxygens (including phenoxy) is 1. The molecule has 1 aliphatic rings. The Kier molecular flexibility index (Phi) is 6.68. The molecular formula is C31H27Cl2N3OS. The first-order valence-electron chi connectivity index (χ1n) is 12.7. The second-order valence-electron chi connectivity index (χ2n) is 9.62. The van der Waals surface area contributed by atoms with E-state index in [1.807, 2.05) is 49.4 Å². The molecule has 0 bridgehead atoms. The van der Waals surface area contributed by atoms with Crippen molar-refractivity contribution in [3.05, 3.63) is 99.8 Å². The summed E-state index contributed by atoms with van der Waals surface area (Å²) < 4.78 is 10.2. The van der Waals surface area contributed by atoms with E-state index in [0.717, 1.165) is 75.9 Å². The Bertz CT molecular complexity index is 1670. The van der Waals surface area contributed by atoms with Crippen molar-refractivity contribution >= 4 is 51.7 Å². The van der Waals surface area contributed by atoms with Crippen LogP contribution in [-0.4, -0.2) is 21.1 Å². The largest absolute Gasteiger partial charge is 0.497 e. The lowest BCUT2D eigenvalue weighted by Gasteiger charge is -2.14. The Labute approximate surface area is 237 Å². The first-order chi connectivity index (χ1) is 18.5. The molecule has 2 aromatic heterocycles. The fourth-order valence-electron chi connectivity index (χ4n) is 5.45. The van der Waals surface area contributed by atoms with Crippen LogP contribution in [0.25, 0.3) is 28.0 Å². The Morgan fingerprint density at radius 2 is 1.68 bits per heavy atom. The number of halogens is 2. The molecule has 0 spiro atoms. The minimum absolute atomic E-state index is 0.655. The molecule has 0 saturated heterocycles. The summed E-state index contributed by atoms with van der Waals surface area (Å²) in [4.78, 5) is 0.655. The number of aromatic nitrogens is 2. The van der Waals surface area contributed by atoms with Gasteiger partial charge < -0.3 is 14.6 Å². The molecule has 1 aliphatic heterocycles. The fourth-order valence-corrected chi connectivity index (χ4v) is 6.06. The summed E-state index contributed by atoms with van der Waals surface area (Å²) in [5, 5.41) is 4.95. The van der Waals surface area contributed by atoms with E-state index in [0.29, 0.717) is 10.0 Å². The highest BCUT2D eigenvalue weighted by Crippen LogP contribution is 2.40. The average Bonchev–Trinajstić information content (AvgIpc) is 3.34. The second-order valence-corrected chi connectivity index (χ2v) is 10.9. The van der Waals surface area contributed by atoms with Crippen molar-refractivity contribution in [1.82, 2.24) is 8.97 Å². The monoisotopic (exact) mass is 559 g/mol. The van der Waals surface area contributed by atoms with Crippen molar-refractivity contribution in [2.75, 3.05) is 12.4 Å². The second kappa shape index (κ2) is 10.1. The summed E-state index contributed by atoms with van der Waals surface area (Å²) in [6.45, 7) is 2.95. The summed E-state index contributed by atoms with van der Waals surface area (Å²) in [6, 6.07) is 22.2. The number of aryl methyl sites for hydroxylation is 2. The van der Waals surface area contributed by atoms with Gasteiger partial charge in [0, 0.05) is 39.6 Å². The maximum absolute atomic E-state index is 6.44. The lowest BCUT2D eigenvalue weighted by atomic mass is 9.97. The highest BCUT2D eigenvalue weighted by Gasteiger charge is 2.28. The Balaban J connectivity index is 1.60. The predicted molar refractivity (Wildman–Crippen MR) is 162 cm³/mol. The van der Waals surface area contributed by atoms with Crippen molar-refractivity contribution in [2.45, 2.75) is 32.7 Å². The van der Waals surface area contributed by atoms with Gasteiger partial charge >= 0.3 is 0 Å². The third kappa shape index (κ3) is 4.29. The smallest absolute Gasteiger partial charge is 0.128 e. The van der Waals surface area contributed by atoms with Crippen LogP contribution in [0.15, 0.2) is 72.9 Å². The van der Waals surface area contributed by atoms with Crippen LogP contribution in [0.5, 0.6) is 5.75 Å². The first-order valence-corrected chi connectivity index (χ1v) is 13.9. The molecule has 192 valence electrons. The van der Waals surface area contributed by atoms with E-state index in [1.165, 1.54) is 11.2 Å². The summed E-state index contributed by atoms with van der Waals surface area (Å²) in [5.74, 6) is 0.828. The highest BCUT2D eigenvalue weighted by atomic mass is 35.5. The quantitative estimate of drug-likeness (QED) is 0.218. The molecule has 0 unspecified atom stereocenters. The standard InChI is InChI=1S/C31H27Cl2N3OS/c1-19-25(33)7-5-8-26(19)34-30(38)29-28(21-11-15-23(37-2)16-12-21)24-6-3-4-17-35-27(18-36(29)31(24)35)20-9-13-22(32)14-10-20/h5,7-16,18H,3-4,6,17H2,1-2H3,(H,34,38). The molecule has 0 amide bonds. The van der Waals surface area contributed by atoms with Gasteiger partial charge in [0.05, 0.1) is 18.5 Å². The van der Waals surface area contributed by atoms with Crippen LogP contribution >= 0.6 is 35.4 Å². The maximum atomic E-state index is 6.44. The van der Waals surface area contributed by atoms with Gasteiger partial charge in [-0.3, -0.25) is 4.40 Å². The molecule has 0 saturated carbocycles. The third-order valence-corrected chi connectivity index (χ3v) is 8.34. The Hall–Kier alpha value is -3.25. The van der Waals surface area contributed by atoms with Crippen molar-refractivity contribution in [2.24, 2.45) is 0 Å². The zero-order valence-electron chi connectivity index (χ0n) is 21.2. The minimum Gasteiger partial charge on any atom is -0.497 e. The number of imidazole rings is 1. The lowest BCUT2D eigenvalue weighted by molar-refractivity contribution is 0.415. The van der Waals surface area contributed by atoms with E-state index in [9.17, 15) is 0 Å². The van der Waals surface area contributed by atoms with Crippen molar-refractivity contribution in [3.8, 4) is 28.1 Å². The predicted octanol–water partition coefficient (Wildman–Crippen LogP) is 8.82. The lowest BCUT2D eigenvalue weighted by Crippen LogP contribution is -2.15. The van der Waals surface area contributed by atoms with E-state index in [1.54, 1.807) is 7.11 Å². The molecule has 5 aromatic rings. The molecule has 3 heterocycles. The number of hydrogen-bond acceptors (Lipinski definition) is 2. The van der Waals surface area contributed by atoms with E-state index >= 15 is 0 Å². The SMILES string of the molecule is COc1ccc(-c2c3c4n(c(-c5ccc(Cl)cc5)cn4c2C(=S)Nc2cccc(Cl)c2C)CCCC3)cc1. The number of nitrogens with one attached hydrogen (secondary N) is 1. The van der Waals surface area contributed by atoms with Crippen LogP contribution in [0.4, 0.5) is 5.69 Å². The zero-order valence-corrected chi connectivity index (χ0v) is 23.6. The highest BCUT2D eigenvalue weighted by molar-refractivity contribution is 7.81. The summed E-state index contributed by atoms with van der Waals surface area (Å²) in [7, 11) is 1.69. The average molecular weight is 561 g/mol. The number of benzene rings is 3. The summed E-state index contributed by atoms with van der Waals surface area (Å²) >= 11 is 18.8. The fraction of sp³-hybridized carbons (Fsp3) is 0.194. The van der Waals surface area contributed by atoms with Gasteiger partial charge in [0.1, 0.15) is 16.4 Å². The summed E-state index contributed by atoms with van der Waals surface area (Å²) in [6.07, 6.45) is 5.42. The number of thiocarbonyl (C=S) groups is 1. The van der Waals surface area contributed by atoms with Gasteiger partial charge in [-0.05, 0) is 79.3 Å². The van der Waals surface area contributed by atoms with Crippen LogP contribution in [-0.2, 0) is 13.0 Å². The maximum Gasteiger partial charge on any atom is 0.128 e. The van der Waals surface area contributed by atoms with Gasteiger partial charge in [-0.1, -0.05) is 65.8 Å². The number of nitrogens with zero attached hydrogens (tertiary/aromatic N) is 2. The van der Waals surface area contributed by atoms with E-state index in [2.05, 4.69) is 44.7 Å². The Morgan fingerprint density at radius 3 is 2.42 bits per heavy atom. The molecule has 1 N–H and O–H groups in total. The zero-order chi connectivity index (χ0) is 26.4. The van der Waals surface area contributed by atoms with Gasteiger partial charge in [0.15, 0.2) is 0 Å². The number of anilines is 1. The van der Waals surface area contributed by atoms with Gasteiger partial charge in [-0.25, -0.2) is 0 Å². The van der Waals surface area contributed by atoms with Crippen LogP contribution < -0.4 is 10.1 Å². The molecule has 4 nitrogen and oxygen atoms in total. The van der Waals surface area contributed by atoms with Gasteiger partial charge in [0.25, 0.3) is 0 Å². The van der Waals surface area contributed by atoms with Crippen LogP contribution in [0.1, 0.15) is 29.7 Å². The van der Waals surface area contributed by atoms with E-state index < -0.39 is 0 Å². The van der Waals surface area contributed by atoms with Crippen LogP contribution in [0.3, 0.4) is 0 Å². The molecular weight excluding hydrogens is 533 g/mol. The minimum atomic E-state index is 0.655. The molecule has 38 heavy (non-hydrogen) atoms. The molecule has 7 heteroatoms.